The molecule has 4 heteroatoms. The number of nitrogens with zero attached hydrogens (tertiary/aromatic N) is 4. The number of hydrogen-bond acceptors (Lipinski definition) is 3. The van der Waals surface area contributed by atoms with Crippen LogP contribution in [0.25, 0.3) is 17.3 Å². The maximum Gasteiger partial charge on any atom is 0.101 e. The van der Waals surface area contributed by atoms with Gasteiger partial charge in [0, 0.05) is 17.5 Å². The van der Waals surface area contributed by atoms with E-state index >= 15 is 0 Å². The van der Waals surface area contributed by atoms with Gasteiger partial charge >= 0.3 is 0 Å². The monoisotopic (exact) mass is 300 g/mol. The summed E-state index contributed by atoms with van der Waals surface area (Å²) in [5.74, 6) is 0. The fourth-order valence-electron chi connectivity index (χ4n) is 2.51. The van der Waals surface area contributed by atoms with E-state index in [9.17, 15) is 5.26 Å². The normalized spacial score (nSPS) is 11.3. The summed E-state index contributed by atoms with van der Waals surface area (Å²) in [7, 11) is 0. The van der Waals surface area contributed by atoms with E-state index in [0.29, 0.717) is 11.3 Å². The summed E-state index contributed by atoms with van der Waals surface area (Å²) in [5.41, 5.74) is 5.04. The van der Waals surface area contributed by atoms with E-state index in [2.05, 4.69) is 16.2 Å². The summed E-state index contributed by atoms with van der Waals surface area (Å²) in [6, 6.07) is 17.7. The van der Waals surface area contributed by atoms with Crippen molar-refractivity contribution in [2.45, 2.75) is 13.8 Å². The average molecular weight is 300 g/mol. The van der Waals surface area contributed by atoms with Gasteiger partial charge in [-0.2, -0.15) is 10.4 Å². The molecule has 0 bridgehead atoms. The number of rotatable bonds is 3. The lowest BCUT2D eigenvalue weighted by molar-refractivity contribution is 0.833. The summed E-state index contributed by atoms with van der Waals surface area (Å²) < 4.78 is 1.90. The Kier molecular flexibility index (Phi) is 4.03. The number of aromatic nitrogens is 3. The molecule has 0 aliphatic rings. The second kappa shape index (κ2) is 6.29. The third-order valence-corrected chi connectivity index (χ3v) is 3.70. The molecular formula is C19H16N4. The lowest BCUT2D eigenvalue weighted by atomic mass is 10.1. The second-order valence-corrected chi connectivity index (χ2v) is 5.22. The molecule has 0 fully saturated rings. The zero-order valence-electron chi connectivity index (χ0n) is 13.1. The van der Waals surface area contributed by atoms with Crippen LogP contribution >= 0.6 is 0 Å². The molecule has 3 aromatic rings. The highest BCUT2D eigenvalue weighted by atomic mass is 15.3. The van der Waals surface area contributed by atoms with Crippen molar-refractivity contribution in [2.24, 2.45) is 0 Å². The first-order valence-electron chi connectivity index (χ1n) is 7.35. The van der Waals surface area contributed by atoms with Crippen LogP contribution in [-0.4, -0.2) is 14.8 Å². The maximum atomic E-state index is 9.46. The van der Waals surface area contributed by atoms with Crippen LogP contribution in [0.4, 0.5) is 0 Å². The van der Waals surface area contributed by atoms with Crippen molar-refractivity contribution in [3.05, 3.63) is 77.4 Å². The smallest absolute Gasteiger partial charge is 0.101 e. The predicted octanol–water partition coefficient (Wildman–Crippen LogP) is 3.95. The van der Waals surface area contributed by atoms with Gasteiger partial charge in [0.2, 0.25) is 0 Å². The molecular weight excluding hydrogens is 284 g/mol. The van der Waals surface area contributed by atoms with Crippen LogP contribution in [0.15, 0.2) is 54.7 Å². The summed E-state index contributed by atoms with van der Waals surface area (Å²) in [5, 5.41) is 14.1. The Bertz CT molecular complexity index is 884. The fourth-order valence-corrected chi connectivity index (χ4v) is 2.51. The number of hydrogen-bond donors (Lipinski definition) is 0. The molecule has 2 heterocycles. The van der Waals surface area contributed by atoms with Gasteiger partial charge in [0.25, 0.3) is 0 Å². The summed E-state index contributed by atoms with van der Waals surface area (Å²) >= 11 is 0. The van der Waals surface area contributed by atoms with Crippen molar-refractivity contribution in [1.82, 2.24) is 14.8 Å². The van der Waals surface area contributed by atoms with Crippen LogP contribution in [0.3, 0.4) is 0 Å². The molecule has 0 spiro atoms. The molecule has 1 aromatic carbocycles. The molecule has 0 unspecified atom stereocenters. The number of nitriles is 1. The Morgan fingerprint density at radius 3 is 2.48 bits per heavy atom. The molecule has 0 amide bonds. The highest BCUT2D eigenvalue weighted by Crippen LogP contribution is 2.23. The molecule has 0 radical (unpaired) electrons. The van der Waals surface area contributed by atoms with Crippen LogP contribution in [0.2, 0.25) is 0 Å². The Labute approximate surface area is 135 Å². The van der Waals surface area contributed by atoms with Gasteiger partial charge in [-0.25, -0.2) is 4.68 Å². The summed E-state index contributed by atoms with van der Waals surface area (Å²) in [6.45, 7) is 3.96. The van der Waals surface area contributed by atoms with Crippen molar-refractivity contribution >= 4 is 11.6 Å². The largest absolute Gasteiger partial charge is 0.256 e. The predicted molar refractivity (Wildman–Crippen MR) is 90.8 cm³/mol. The first-order valence-corrected chi connectivity index (χ1v) is 7.35. The zero-order valence-corrected chi connectivity index (χ0v) is 13.1. The van der Waals surface area contributed by atoms with Gasteiger partial charge in [0.15, 0.2) is 0 Å². The highest BCUT2D eigenvalue weighted by molar-refractivity contribution is 5.89. The molecule has 0 N–H and O–H groups in total. The Morgan fingerprint density at radius 1 is 1.09 bits per heavy atom. The van der Waals surface area contributed by atoms with Crippen LogP contribution in [0.1, 0.15) is 22.6 Å². The van der Waals surface area contributed by atoms with Crippen molar-refractivity contribution < 1.29 is 0 Å². The second-order valence-electron chi connectivity index (χ2n) is 5.22. The minimum absolute atomic E-state index is 0.532. The van der Waals surface area contributed by atoms with Gasteiger partial charge < -0.3 is 0 Å². The van der Waals surface area contributed by atoms with E-state index in [0.717, 1.165) is 22.6 Å². The molecule has 112 valence electrons. The number of benzene rings is 1. The number of aryl methyl sites for hydroxylation is 1. The van der Waals surface area contributed by atoms with Crippen LogP contribution in [0.5, 0.6) is 0 Å². The van der Waals surface area contributed by atoms with Gasteiger partial charge in [-0.3, -0.25) is 4.98 Å². The first-order chi connectivity index (χ1) is 11.2. The molecule has 0 saturated heterocycles. The molecule has 2 aromatic heterocycles. The average Bonchev–Trinajstić information content (AvgIpc) is 2.88. The molecule has 0 aliphatic carbocycles. The van der Waals surface area contributed by atoms with Gasteiger partial charge in [0.1, 0.15) is 6.07 Å². The van der Waals surface area contributed by atoms with Crippen molar-refractivity contribution in [3.63, 3.8) is 0 Å². The first kappa shape index (κ1) is 14.7. The lowest BCUT2D eigenvalue weighted by Crippen LogP contribution is -1.98. The summed E-state index contributed by atoms with van der Waals surface area (Å²) in [4.78, 5) is 4.25. The van der Waals surface area contributed by atoms with Crippen LogP contribution in [0, 0.1) is 25.2 Å². The number of pyridine rings is 1. The standard InChI is InChI=1S/C19H16N4/c1-14-18(12-16(13-20)19-10-6-7-11-21-19)15(2)23(22-14)17-8-4-3-5-9-17/h3-12H,1-2H3/b16-12-. The zero-order chi connectivity index (χ0) is 16.2. The molecule has 0 saturated carbocycles. The van der Waals surface area contributed by atoms with E-state index in [4.69, 9.17) is 0 Å². The van der Waals surface area contributed by atoms with Gasteiger partial charge in [-0.1, -0.05) is 24.3 Å². The van der Waals surface area contributed by atoms with Crippen molar-refractivity contribution in [3.8, 4) is 11.8 Å². The maximum absolute atomic E-state index is 9.46. The highest BCUT2D eigenvalue weighted by Gasteiger charge is 2.12. The molecule has 0 atom stereocenters. The minimum Gasteiger partial charge on any atom is -0.256 e. The van der Waals surface area contributed by atoms with Gasteiger partial charge in [0.05, 0.1) is 22.6 Å². The van der Waals surface area contributed by atoms with E-state index < -0.39 is 0 Å². The number of allylic oxidation sites excluding steroid dienone is 1. The molecule has 4 nitrogen and oxygen atoms in total. The van der Waals surface area contributed by atoms with E-state index in [1.807, 2.05) is 73.1 Å². The van der Waals surface area contributed by atoms with Gasteiger partial charge in [-0.15, -0.1) is 0 Å². The van der Waals surface area contributed by atoms with Crippen molar-refractivity contribution in [2.75, 3.05) is 0 Å². The number of para-hydroxylation sites is 1. The Morgan fingerprint density at radius 2 is 1.83 bits per heavy atom. The quantitative estimate of drug-likeness (QED) is 0.688. The fraction of sp³-hybridized carbons (Fsp3) is 0.105. The Hall–Kier alpha value is -3.19. The third-order valence-electron chi connectivity index (χ3n) is 3.70. The SMILES string of the molecule is Cc1nn(-c2ccccc2)c(C)c1/C=C(/C#N)c1ccccn1. The van der Waals surface area contributed by atoms with Gasteiger partial charge in [-0.05, 0) is 44.2 Å². The van der Waals surface area contributed by atoms with Crippen molar-refractivity contribution in [1.29, 1.82) is 5.26 Å². The lowest BCUT2D eigenvalue weighted by Gasteiger charge is -2.04. The Balaban J connectivity index is 2.09. The van der Waals surface area contributed by atoms with E-state index in [-0.39, 0.29) is 0 Å². The van der Waals surface area contributed by atoms with E-state index in [1.54, 1.807) is 6.20 Å². The molecule has 0 aliphatic heterocycles. The van der Waals surface area contributed by atoms with E-state index in [1.165, 1.54) is 0 Å². The third kappa shape index (κ3) is 2.90. The molecule has 23 heavy (non-hydrogen) atoms. The molecule has 3 rings (SSSR count). The summed E-state index contributed by atoms with van der Waals surface area (Å²) in [6.07, 6.45) is 3.55. The van der Waals surface area contributed by atoms with Crippen LogP contribution < -0.4 is 0 Å². The van der Waals surface area contributed by atoms with Crippen LogP contribution in [-0.2, 0) is 0 Å². The minimum atomic E-state index is 0.532. The topological polar surface area (TPSA) is 54.5 Å².